The normalized spacial score (nSPS) is 27.4. The third-order valence-electron chi connectivity index (χ3n) is 2.48. The second-order valence-electron chi connectivity index (χ2n) is 3.51. The second-order valence-corrected chi connectivity index (χ2v) is 3.51. The maximum absolute atomic E-state index is 12.9. The van der Waals surface area contributed by atoms with E-state index in [1.807, 2.05) is 0 Å². The SMILES string of the molecule is CC(O)C1(c2cc(F)cc(F)c2)CO1. The maximum Gasteiger partial charge on any atom is 0.142 e. The number of benzene rings is 1. The van der Waals surface area contributed by atoms with Crippen molar-refractivity contribution < 1.29 is 18.6 Å². The molecule has 76 valence electrons. The van der Waals surface area contributed by atoms with Crippen molar-refractivity contribution in [3.63, 3.8) is 0 Å². The van der Waals surface area contributed by atoms with Crippen LogP contribution < -0.4 is 0 Å². The smallest absolute Gasteiger partial charge is 0.142 e. The van der Waals surface area contributed by atoms with Crippen LogP contribution in [0, 0.1) is 11.6 Å². The molecule has 1 fully saturated rings. The predicted octanol–water partition coefficient (Wildman–Crippen LogP) is 1.57. The van der Waals surface area contributed by atoms with E-state index in [4.69, 9.17) is 4.74 Å². The van der Waals surface area contributed by atoms with Gasteiger partial charge in [0.05, 0.1) is 12.7 Å². The van der Waals surface area contributed by atoms with Gasteiger partial charge in [-0.15, -0.1) is 0 Å². The quantitative estimate of drug-likeness (QED) is 0.735. The first-order chi connectivity index (χ1) is 6.54. The molecule has 0 radical (unpaired) electrons. The van der Waals surface area contributed by atoms with Gasteiger partial charge in [-0.1, -0.05) is 0 Å². The molecule has 0 aromatic heterocycles. The van der Waals surface area contributed by atoms with Gasteiger partial charge in [0.15, 0.2) is 0 Å². The molecule has 2 rings (SSSR count). The van der Waals surface area contributed by atoms with Crippen LogP contribution in [0.3, 0.4) is 0 Å². The van der Waals surface area contributed by atoms with E-state index >= 15 is 0 Å². The molecule has 2 atom stereocenters. The lowest BCUT2D eigenvalue weighted by molar-refractivity contribution is 0.0883. The number of aliphatic hydroxyl groups excluding tert-OH is 1. The Morgan fingerprint density at radius 3 is 2.21 bits per heavy atom. The Balaban J connectivity index is 2.42. The van der Waals surface area contributed by atoms with E-state index in [1.54, 1.807) is 0 Å². The Kier molecular flexibility index (Phi) is 2.05. The van der Waals surface area contributed by atoms with Crippen LogP contribution in [-0.4, -0.2) is 17.8 Å². The monoisotopic (exact) mass is 200 g/mol. The molecular weight excluding hydrogens is 190 g/mol. The summed E-state index contributed by atoms with van der Waals surface area (Å²) in [5.41, 5.74) is -0.548. The Labute approximate surface area is 80.1 Å². The number of hydrogen-bond donors (Lipinski definition) is 1. The van der Waals surface area contributed by atoms with Crippen LogP contribution in [0.5, 0.6) is 0 Å². The number of ether oxygens (including phenoxy) is 1. The fourth-order valence-corrected chi connectivity index (χ4v) is 1.52. The molecule has 1 N–H and O–H groups in total. The van der Waals surface area contributed by atoms with Crippen molar-refractivity contribution in [1.29, 1.82) is 0 Å². The van der Waals surface area contributed by atoms with Crippen molar-refractivity contribution in [2.75, 3.05) is 6.61 Å². The van der Waals surface area contributed by atoms with Crippen LogP contribution in [0.1, 0.15) is 12.5 Å². The van der Waals surface area contributed by atoms with Crippen molar-refractivity contribution in [3.05, 3.63) is 35.4 Å². The van der Waals surface area contributed by atoms with Crippen LogP contribution in [0.4, 0.5) is 8.78 Å². The Bertz CT molecular complexity index is 339. The average molecular weight is 200 g/mol. The summed E-state index contributed by atoms with van der Waals surface area (Å²) in [6, 6.07) is 3.16. The summed E-state index contributed by atoms with van der Waals surface area (Å²) < 4.78 is 30.8. The molecule has 1 aromatic carbocycles. The molecule has 1 aromatic rings. The molecule has 0 bridgehead atoms. The van der Waals surface area contributed by atoms with E-state index in [9.17, 15) is 13.9 Å². The lowest BCUT2D eigenvalue weighted by Gasteiger charge is -2.15. The maximum atomic E-state index is 12.9. The van der Waals surface area contributed by atoms with Crippen LogP contribution in [-0.2, 0) is 10.3 Å². The van der Waals surface area contributed by atoms with E-state index in [1.165, 1.54) is 19.1 Å². The topological polar surface area (TPSA) is 32.8 Å². The Hall–Kier alpha value is -1.00. The average Bonchev–Trinajstić information content (AvgIpc) is 2.81. The van der Waals surface area contributed by atoms with Gasteiger partial charge < -0.3 is 9.84 Å². The molecule has 1 aliphatic heterocycles. The van der Waals surface area contributed by atoms with E-state index in [-0.39, 0.29) is 0 Å². The third kappa shape index (κ3) is 1.40. The molecule has 0 amide bonds. The number of epoxide rings is 1. The van der Waals surface area contributed by atoms with Crippen LogP contribution in [0.15, 0.2) is 18.2 Å². The molecule has 4 heteroatoms. The minimum atomic E-state index is -0.900. The van der Waals surface area contributed by atoms with Crippen molar-refractivity contribution in [1.82, 2.24) is 0 Å². The van der Waals surface area contributed by atoms with E-state index in [2.05, 4.69) is 0 Å². The molecule has 1 aliphatic rings. The summed E-state index contributed by atoms with van der Waals surface area (Å²) in [5.74, 6) is -1.31. The Morgan fingerprint density at radius 2 is 1.86 bits per heavy atom. The van der Waals surface area contributed by atoms with Gasteiger partial charge in [0.1, 0.15) is 17.2 Å². The zero-order valence-corrected chi connectivity index (χ0v) is 7.63. The highest BCUT2D eigenvalue weighted by atomic mass is 19.1. The molecular formula is C10H10F2O2. The van der Waals surface area contributed by atoms with Crippen LogP contribution in [0.25, 0.3) is 0 Å². The van der Waals surface area contributed by atoms with Crippen molar-refractivity contribution in [2.45, 2.75) is 18.6 Å². The van der Waals surface area contributed by atoms with Gasteiger partial charge in [-0.05, 0) is 24.6 Å². The highest BCUT2D eigenvalue weighted by Gasteiger charge is 2.51. The van der Waals surface area contributed by atoms with Gasteiger partial charge in [-0.3, -0.25) is 0 Å². The number of rotatable bonds is 2. The van der Waals surface area contributed by atoms with Gasteiger partial charge in [0.25, 0.3) is 0 Å². The number of halogens is 2. The first-order valence-corrected chi connectivity index (χ1v) is 4.33. The zero-order chi connectivity index (χ0) is 10.3. The van der Waals surface area contributed by atoms with Gasteiger partial charge in [-0.25, -0.2) is 8.78 Å². The molecule has 14 heavy (non-hydrogen) atoms. The summed E-state index contributed by atoms with van der Waals surface area (Å²) in [4.78, 5) is 0. The van der Waals surface area contributed by atoms with Crippen molar-refractivity contribution in [2.24, 2.45) is 0 Å². The summed E-state index contributed by atoms with van der Waals surface area (Å²) in [7, 11) is 0. The molecule has 2 unspecified atom stereocenters. The lowest BCUT2D eigenvalue weighted by atomic mass is 9.95. The first-order valence-electron chi connectivity index (χ1n) is 4.33. The predicted molar refractivity (Wildman–Crippen MR) is 45.7 cm³/mol. The summed E-state index contributed by atoms with van der Waals surface area (Å²) in [6.45, 7) is 1.84. The largest absolute Gasteiger partial charge is 0.390 e. The molecule has 2 nitrogen and oxygen atoms in total. The molecule has 0 saturated carbocycles. The van der Waals surface area contributed by atoms with Gasteiger partial charge in [0, 0.05) is 6.07 Å². The first kappa shape index (κ1) is 9.55. The minimum Gasteiger partial charge on any atom is -0.390 e. The summed E-state index contributed by atoms with van der Waals surface area (Å²) >= 11 is 0. The van der Waals surface area contributed by atoms with E-state index in [0.29, 0.717) is 12.2 Å². The van der Waals surface area contributed by atoms with Gasteiger partial charge in [0.2, 0.25) is 0 Å². The van der Waals surface area contributed by atoms with Crippen LogP contribution in [0.2, 0.25) is 0 Å². The van der Waals surface area contributed by atoms with E-state index < -0.39 is 23.3 Å². The summed E-state index contributed by atoms with van der Waals surface area (Å²) in [6.07, 6.45) is -0.774. The number of hydrogen-bond acceptors (Lipinski definition) is 2. The van der Waals surface area contributed by atoms with Crippen LogP contribution >= 0.6 is 0 Å². The molecule has 1 saturated heterocycles. The van der Waals surface area contributed by atoms with E-state index in [0.717, 1.165) is 6.07 Å². The zero-order valence-electron chi connectivity index (χ0n) is 7.63. The lowest BCUT2D eigenvalue weighted by Crippen LogP contribution is -2.24. The molecule has 0 aliphatic carbocycles. The van der Waals surface area contributed by atoms with Crippen molar-refractivity contribution >= 4 is 0 Å². The number of aliphatic hydroxyl groups is 1. The minimum absolute atomic E-state index is 0.299. The third-order valence-corrected chi connectivity index (χ3v) is 2.48. The summed E-state index contributed by atoms with van der Waals surface area (Å²) in [5, 5.41) is 9.41. The standard InChI is InChI=1S/C10H10F2O2/c1-6(13)10(5-14-10)7-2-8(11)4-9(12)3-7/h2-4,6,13H,5H2,1H3. The fraction of sp³-hybridized carbons (Fsp3) is 0.400. The van der Waals surface area contributed by atoms with Crippen molar-refractivity contribution in [3.8, 4) is 0 Å². The van der Waals surface area contributed by atoms with Gasteiger partial charge >= 0.3 is 0 Å². The Morgan fingerprint density at radius 1 is 1.36 bits per heavy atom. The molecule has 0 spiro atoms. The fourth-order valence-electron chi connectivity index (χ4n) is 1.52. The second kappa shape index (κ2) is 3.00. The van der Waals surface area contributed by atoms with Gasteiger partial charge in [-0.2, -0.15) is 0 Å². The highest BCUT2D eigenvalue weighted by Crippen LogP contribution is 2.42. The highest BCUT2D eigenvalue weighted by molar-refractivity contribution is 5.29. The molecule has 1 heterocycles.